The van der Waals surface area contributed by atoms with E-state index in [-0.39, 0.29) is 11.8 Å². The molecule has 0 unspecified atom stereocenters. The molecule has 0 aromatic heterocycles. The van der Waals surface area contributed by atoms with Crippen LogP contribution in [0.5, 0.6) is 5.75 Å². The number of hydrogen-bond acceptors (Lipinski definition) is 5. The van der Waals surface area contributed by atoms with Crippen molar-refractivity contribution in [3.8, 4) is 5.75 Å². The zero-order chi connectivity index (χ0) is 16.1. The molecule has 0 aliphatic carbocycles. The van der Waals surface area contributed by atoms with Gasteiger partial charge in [-0.1, -0.05) is 0 Å². The summed E-state index contributed by atoms with van der Waals surface area (Å²) in [6, 6.07) is 6.37. The zero-order valence-electron chi connectivity index (χ0n) is 13.4. The number of hydrogen-bond donors (Lipinski definition) is 0. The molecular formula is C17H24N2O4. The van der Waals surface area contributed by atoms with Crippen LogP contribution in [-0.4, -0.2) is 48.8 Å². The lowest BCUT2D eigenvalue weighted by molar-refractivity contribution is -0.384. The molecule has 23 heavy (non-hydrogen) atoms. The predicted molar refractivity (Wildman–Crippen MR) is 86.7 cm³/mol. The van der Waals surface area contributed by atoms with Crippen molar-refractivity contribution in [2.45, 2.75) is 31.8 Å². The van der Waals surface area contributed by atoms with Gasteiger partial charge < -0.3 is 14.4 Å². The van der Waals surface area contributed by atoms with Crippen LogP contribution in [0.1, 0.15) is 25.7 Å². The maximum atomic E-state index is 10.7. The molecule has 1 aromatic rings. The third-order valence-electron chi connectivity index (χ3n) is 4.74. The van der Waals surface area contributed by atoms with E-state index >= 15 is 0 Å². The normalized spacial score (nSPS) is 21.2. The Balaban J connectivity index is 1.42. The maximum Gasteiger partial charge on any atom is 0.269 e. The van der Waals surface area contributed by atoms with Crippen LogP contribution in [0.2, 0.25) is 0 Å². The quantitative estimate of drug-likeness (QED) is 0.616. The third-order valence-corrected chi connectivity index (χ3v) is 4.74. The number of rotatable bonds is 5. The van der Waals surface area contributed by atoms with Crippen LogP contribution in [0.4, 0.5) is 5.69 Å². The fourth-order valence-electron chi connectivity index (χ4n) is 3.34. The Bertz CT molecular complexity index is 506. The summed E-state index contributed by atoms with van der Waals surface area (Å²) in [5.74, 6) is 1.49. The Morgan fingerprint density at radius 2 is 1.78 bits per heavy atom. The molecule has 2 heterocycles. The Hall–Kier alpha value is -1.66. The number of nitro groups is 1. The summed E-state index contributed by atoms with van der Waals surface area (Å²) < 4.78 is 11.4. The fraction of sp³-hybridized carbons (Fsp3) is 0.647. The van der Waals surface area contributed by atoms with Crippen molar-refractivity contribution >= 4 is 5.69 Å². The van der Waals surface area contributed by atoms with Crippen LogP contribution in [0.3, 0.4) is 0 Å². The van der Waals surface area contributed by atoms with Crippen molar-refractivity contribution in [3.63, 3.8) is 0 Å². The molecule has 3 rings (SSSR count). The summed E-state index contributed by atoms with van der Waals surface area (Å²) in [6.45, 7) is 5.12. The summed E-state index contributed by atoms with van der Waals surface area (Å²) in [6.07, 6.45) is 4.60. The van der Waals surface area contributed by atoms with Gasteiger partial charge in [-0.05, 0) is 43.7 Å². The van der Waals surface area contributed by atoms with Crippen LogP contribution in [0, 0.1) is 16.0 Å². The van der Waals surface area contributed by atoms with Crippen LogP contribution in [-0.2, 0) is 4.74 Å². The molecule has 0 radical (unpaired) electrons. The van der Waals surface area contributed by atoms with Crippen LogP contribution < -0.4 is 4.74 Å². The summed E-state index contributed by atoms with van der Waals surface area (Å²) >= 11 is 0. The van der Waals surface area contributed by atoms with Gasteiger partial charge in [-0.15, -0.1) is 0 Å². The van der Waals surface area contributed by atoms with E-state index in [1.54, 1.807) is 12.1 Å². The van der Waals surface area contributed by atoms with E-state index in [9.17, 15) is 10.1 Å². The van der Waals surface area contributed by atoms with E-state index in [2.05, 4.69) is 4.90 Å². The highest BCUT2D eigenvalue weighted by Gasteiger charge is 2.24. The molecule has 6 heteroatoms. The number of nitro benzene ring substituents is 1. The van der Waals surface area contributed by atoms with Crippen LogP contribution in [0.25, 0.3) is 0 Å². The van der Waals surface area contributed by atoms with Crippen molar-refractivity contribution in [1.29, 1.82) is 0 Å². The van der Waals surface area contributed by atoms with Crippen LogP contribution in [0.15, 0.2) is 24.3 Å². The molecule has 6 nitrogen and oxygen atoms in total. The highest BCUT2D eigenvalue weighted by molar-refractivity contribution is 5.36. The van der Waals surface area contributed by atoms with Crippen molar-refractivity contribution in [2.24, 2.45) is 5.92 Å². The molecule has 0 atom stereocenters. The zero-order valence-corrected chi connectivity index (χ0v) is 13.4. The van der Waals surface area contributed by atoms with Crippen molar-refractivity contribution in [3.05, 3.63) is 34.4 Å². The van der Waals surface area contributed by atoms with E-state index in [1.165, 1.54) is 31.5 Å². The number of ether oxygens (including phenoxy) is 2. The summed E-state index contributed by atoms with van der Waals surface area (Å²) in [5, 5.41) is 10.7. The molecule has 0 spiro atoms. The van der Waals surface area contributed by atoms with Gasteiger partial charge in [0, 0.05) is 45.0 Å². The minimum absolute atomic E-state index is 0.101. The molecule has 0 N–H and O–H groups in total. The standard InChI is InChI=1S/C17H24N2O4/c20-19(21)15-1-3-16(4-2-15)23-17-5-9-18(10-6-17)13-14-7-11-22-12-8-14/h1-4,14,17H,5-13H2. The number of non-ortho nitro benzene ring substituents is 1. The SMILES string of the molecule is O=[N+]([O-])c1ccc(OC2CCN(CC3CCOCC3)CC2)cc1. The largest absolute Gasteiger partial charge is 0.490 e. The van der Waals surface area contributed by atoms with E-state index in [4.69, 9.17) is 9.47 Å². The van der Waals surface area contributed by atoms with Gasteiger partial charge in [-0.3, -0.25) is 10.1 Å². The third kappa shape index (κ3) is 4.65. The van der Waals surface area contributed by atoms with E-state index in [0.717, 1.165) is 50.8 Å². The molecule has 0 bridgehead atoms. The smallest absolute Gasteiger partial charge is 0.269 e. The van der Waals surface area contributed by atoms with Crippen LogP contribution >= 0.6 is 0 Å². The summed E-state index contributed by atoms with van der Waals surface area (Å²) in [4.78, 5) is 12.8. The second-order valence-corrected chi connectivity index (χ2v) is 6.42. The minimum atomic E-state index is -0.390. The molecule has 2 saturated heterocycles. The average Bonchev–Trinajstić information content (AvgIpc) is 2.58. The van der Waals surface area contributed by atoms with E-state index < -0.39 is 4.92 Å². The first kappa shape index (κ1) is 16.2. The average molecular weight is 320 g/mol. The second kappa shape index (κ2) is 7.75. The highest BCUT2D eigenvalue weighted by Crippen LogP contribution is 2.23. The molecule has 1 aromatic carbocycles. The lowest BCUT2D eigenvalue weighted by Crippen LogP contribution is -2.41. The maximum absolute atomic E-state index is 10.7. The summed E-state index contributed by atoms with van der Waals surface area (Å²) in [5.41, 5.74) is 0.101. The Kier molecular flexibility index (Phi) is 5.46. The van der Waals surface area contributed by atoms with Crippen molar-refractivity contribution < 1.29 is 14.4 Å². The minimum Gasteiger partial charge on any atom is -0.490 e. The van der Waals surface area contributed by atoms with Gasteiger partial charge >= 0.3 is 0 Å². The number of piperidine rings is 1. The molecule has 0 amide bonds. The van der Waals surface area contributed by atoms with Gasteiger partial charge in [0.1, 0.15) is 11.9 Å². The first-order valence-corrected chi connectivity index (χ1v) is 8.42. The molecule has 2 aliphatic rings. The molecule has 2 aliphatic heterocycles. The monoisotopic (exact) mass is 320 g/mol. The van der Waals surface area contributed by atoms with E-state index in [0.29, 0.717) is 0 Å². The molecule has 2 fully saturated rings. The highest BCUT2D eigenvalue weighted by atomic mass is 16.6. The van der Waals surface area contributed by atoms with E-state index in [1.807, 2.05) is 0 Å². The van der Waals surface area contributed by atoms with Crippen molar-refractivity contribution in [2.75, 3.05) is 32.8 Å². The number of likely N-dealkylation sites (tertiary alicyclic amines) is 1. The molecular weight excluding hydrogens is 296 g/mol. The van der Waals surface area contributed by atoms with Gasteiger partial charge in [0.05, 0.1) is 4.92 Å². The van der Waals surface area contributed by atoms with Crippen molar-refractivity contribution in [1.82, 2.24) is 4.90 Å². The topological polar surface area (TPSA) is 64.8 Å². The first-order valence-electron chi connectivity index (χ1n) is 8.42. The Morgan fingerprint density at radius 3 is 2.39 bits per heavy atom. The fourth-order valence-corrected chi connectivity index (χ4v) is 3.34. The Labute approximate surface area is 136 Å². The lowest BCUT2D eigenvalue weighted by atomic mass is 9.98. The molecule has 126 valence electrons. The summed E-state index contributed by atoms with van der Waals surface area (Å²) in [7, 11) is 0. The first-order chi connectivity index (χ1) is 11.2. The lowest BCUT2D eigenvalue weighted by Gasteiger charge is -2.35. The number of nitrogens with zero attached hydrogens (tertiary/aromatic N) is 2. The van der Waals surface area contributed by atoms with Gasteiger partial charge in [-0.2, -0.15) is 0 Å². The van der Waals surface area contributed by atoms with Gasteiger partial charge in [0.15, 0.2) is 0 Å². The van der Waals surface area contributed by atoms with Gasteiger partial charge in [0.2, 0.25) is 0 Å². The number of benzene rings is 1. The second-order valence-electron chi connectivity index (χ2n) is 6.42. The van der Waals surface area contributed by atoms with Gasteiger partial charge in [-0.25, -0.2) is 0 Å². The Morgan fingerprint density at radius 1 is 1.13 bits per heavy atom. The molecule has 0 saturated carbocycles. The van der Waals surface area contributed by atoms with Gasteiger partial charge in [0.25, 0.3) is 5.69 Å². The predicted octanol–water partition coefficient (Wildman–Crippen LogP) is 2.86.